The van der Waals surface area contributed by atoms with Gasteiger partial charge in [-0.1, -0.05) is 11.3 Å². The lowest BCUT2D eigenvalue weighted by Gasteiger charge is -2.07. The van der Waals surface area contributed by atoms with E-state index in [2.05, 4.69) is 25.6 Å². The molecular formula is C11H18N4O3S. The minimum atomic E-state index is -0.299. The molecule has 0 aliphatic carbocycles. The first kappa shape index (κ1) is 15.4. The van der Waals surface area contributed by atoms with Gasteiger partial charge in [-0.15, -0.1) is 10.2 Å². The molecule has 0 aliphatic heterocycles. The normalized spacial score (nSPS) is 10.3. The number of aromatic nitrogens is 2. The Morgan fingerprint density at radius 2 is 2.11 bits per heavy atom. The van der Waals surface area contributed by atoms with Gasteiger partial charge in [-0.3, -0.25) is 10.1 Å². The summed E-state index contributed by atoms with van der Waals surface area (Å²) < 4.78 is 4.55. The topological polar surface area (TPSA) is 93.2 Å². The van der Waals surface area contributed by atoms with Crippen molar-refractivity contribution in [1.29, 1.82) is 0 Å². The van der Waals surface area contributed by atoms with Crippen LogP contribution in [-0.2, 0) is 16.0 Å². The second-order valence-corrected chi connectivity index (χ2v) is 5.25. The molecule has 2 N–H and O–H groups in total. The summed E-state index contributed by atoms with van der Waals surface area (Å²) in [6, 6.07) is -0.236. The Kier molecular flexibility index (Phi) is 6.20. The molecule has 1 aromatic heterocycles. The Morgan fingerprint density at radius 1 is 1.37 bits per heavy atom. The number of methoxy groups -OCH3 is 1. The van der Waals surface area contributed by atoms with Crippen molar-refractivity contribution in [3.63, 3.8) is 0 Å². The summed E-state index contributed by atoms with van der Waals surface area (Å²) in [6.45, 7) is 3.75. The van der Waals surface area contributed by atoms with Gasteiger partial charge < -0.3 is 10.1 Å². The lowest BCUT2D eigenvalue weighted by atomic mass is 10.2. The Morgan fingerprint density at radius 3 is 2.74 bits per heavy atom. The van der Waals surface area contributed by atoms with Crippen LogP contribution in [0, 0.1) is 0 Å². The number of rotatable bonds is 6. The molecule has 1 aromatic rings. The van der Waals surface area contributed by atoms with E-state index in [0.29, 0.717) is 24.4 Å². The van der Waals surface area contributed by atoms with Crippen molar-refractivity contribution in [1.82, 2.24) is 15.5 Å². The fourth-order valence-corrected chi connectivity index (χ4v) is 2.06. The number of carbonyl (C=O) groups is 2. The number of carbonyl (C=O) groups excluding carboxylic acids is 2. The summed E-state index contributed by atoms with van der Waals surface area (Å²) >= 11 is 1.30. The highest BCUT2D eigenvalue weighted by Crippen LogP contribution is 2.17. The van der Waals surface area contributed by atoms with Crippen molar-refractivity contribution < 1.29 is 14.3 Å². The van der Waals surface area contributed by atoms with Crippen LogP contribution in [0.15, 0.2) is 0 Å². The fraction of sp³-hybridized carbons (Fsp3) is 0.636. The molecule has 0 saturated heterocycles. The lowest BCUT2D eigenvalue weighted by molar-refractivity contribution is -0.140. The standard InChI is InChI=1S/C11H18N4O3S/c1-7(2)12-10(17)13-11-15-14-8(19-11)5-4-6-9(16)18-3/h7H,4-6H2,1-3H3,(H2,12,13,15,17). The Hall–Kier alpha value is -1.70. The van der Waals surface area contributed by atoms with E-state index in [-0.39, 0.29) is 18.0 Å². The zero-order chi connectivity index (χ0) is 14.3. The average molecular weight is 286 g/mol. The second kappa shape index (κ2) is 7.67. The van der Waals surface area contributed by atoms with Gasteiger partial charge in [0.15, 0.2) is 0 Å². The maximum absolute atomic E-state index is 11.4. The van der Waals surface area contributed by atoms with E-state index in [1.807, 2.05) is 13.8 Å². The predicted molar refractivity (Wildman–Crippen MR) is 72.2 cm³/mol. The number of urea groups is 1. The number of hydrogen-bond donors (Lipinski definition) is 2. The number of nitrogens with one attached hydrogen (secondary N) is 2. The highest BCUT2D eigenvalue weighted by Gasteiger charge is 2.09. The molecule has 8 heteroatoms. The number of nitrogens with zero attached hydrogens (tertiary/aromatic N) is 2. The van der Waals surface area contributed by atoms with Gasteiger partial charge in [-0.25, -0.2) is 4.79 Å². The maximum atomic E-state index is 11.4. The van der Waals surface area contributed by atoms with Gasteiger partial charge in [0.1, 0.15) is 5.01 Å². The van der Waals surface area contributed by atoms with E-state index >= 15 is 0 Å². The molecule has 0 aliphatic rings. The zero-order valence-corrected chi connectivity index (χ0v) is 12.0. The maximum Gasteiger partial charge on any atom is 0.321 e. The molecular weight excluding hydrogens is 268 g/mol. The highest BCUT2D eigenvalue weighted by molar-refractivity contribution is 7.15. The molecule has 0 unspecified atom stereocenters. The Balaban J connectivity index is 2.36. The molecule has 0 fully saturated rings. The van der Waals surface area contributed by atoms with Crippen molar-refractivity contribution >= 4 is 28.5 Å². The molecule has 19 heavy (non-hydrogen) atoms. The van der Waals surface area contributed by atoms with Crippen molar-refractivity contribution in [3.05, 3.63) is 5.01 Å². The van der Waals surface area contributed by atoms with E-state index in [1.54, 1.807) is 0 Å². The van der Waals surface area contributed by atoms with Crippen LogP contribution in [-0.4, -0.2) is 35.3 Å². The minimum Gasteiger partial charge on any atom is -0.469 e. The molecule has 0 bridgehead atoms. The summed E-state index contributed by atoms with van der Waals surface area (Å²) in [7, 11) is 1.36. The van der Waals surface area contributed by atoms with Crippen molar-refractivity contribution in [2.24, 2.45) is 0 Å². The molecule has 1 heterocycles. The quantitative estimate of drug-likeness (QED) is 0.774. The van der Waals surface area contributed by atoms with E-state index in [4.69, 9.17) is 0 Å². The number of aryl methyl sites for hydroxylation is 1. The monoisotopic (exact) mass is 286 g/mol. The summed E-state index contributed by atoms with van der Waals surface area (Å²) in [6.07, 6.45) is 1.65. The average Bonchev–Trinajstić information content (AvgIpc) is 2.75. The first-order valence-electron chi connectivity index (χ1n) is 5.98. The van der Waals surface area contributed by atoms with E-state index in [0.717, 1.165) is 5.01 Å². The number of esters is 1. The molecule has 2 amide bonds. The third-order valence-corrected chi connectivity index (χ3v) is 3.00. The third-order valence-electron chi connectivity index (χ3n) is 2.11. The summed E-state index contributed by atoms with van der Waals surface area (Å²) in [5.74, 6) is -0.237. The SMILES string of the molecule is COC(=O)CCCc1nnc(NC(=O)NC(C)C)s1. The molecule has 0 radical (unpaired) electrons. The lowest BCUT2D eigenvalue weighted by Crippen LogP contribution is -2.34. The molecule has 0 atom stereocenters. The number of ether oxygens (including phenoxy) is 1. The highest BCUT2D eigenvalue weighted by atomic mass is 32.1. The first-order valence-corrected chi connectivity index (χ1v) is 6.79. The van der Waals surface area contributed by atoms with Crippen molar-refractivity contribution in [2.45, 2.75) is 39.2 Å². The van der Waals surface area contributed by atoms with E-state index < -0.39 is 0 Å². The van der Waals surface area contributed by atoms with Gasteiger partial charge in [-0.2, -0.15) is 0 Å². The Bertz CT molecular complexity index is 433. The first-order chi connectivity index (χ1) is 9.01. The van der Waals surface area contributed by atoms with Gasteiger partial charge in [0.05, 0.1) is 7.11 Å². The molecule has 7 nitrogen and oxygen atoms in total. The van der Waals surface area contributed by atoms with Gasteiger partial charge in [0.25, 0.3) is 0 Å². The molecule has 0 saturated carbocycles. The molecule has 0 spiro atoms. The number of anilines is 1. The van der Waals surface area contributed by atoms with Gasteiger partial charge in [-0.05, 0) is 20.3 Å². The van der Waals surface area contributed by atoms with Crippen LogP contribution in [0.5, 0.6) is 0 Å². The number of amides is 2. The van der Waals surface area contributed by atoms with Crippen LogP contribution < -0.4 is 10.6 Å². The van der Waals surface area contributed by atoms with Gasteiger partial charge >= 0.3 is 12.0 Å². The summed E-state index contributed by atoms with van der Waals surface area (Å²) in [5, 5.41) is 14.3. The third kappa shape index (κ3) is 6.14. The zero-order valence-electron chi connectivity index (χ0n) is 11.2. The minimum absolute atomic E-state index is 0.0625. The Labute approximate surface area is 115 Å². The van der Waals surface area contributed by atoms with Crippen molar-refractivity contribution in [2.75, 3.05) is 12.4 Å². The molecule has 106 valence electrons. The predicted octanol–water partition coefficient (Wildman–Crippen LogP) is 1.56. The van der Waals surface area contributed by atoms with Crippen LogP contribution in [0.3, 0.4) is 0 Å². The summed E-state index contributed by atoms with van der Waals surface area (Å²) in [5.41, 5.74) is 0. The largest absolute Gasteiger partial charge is 0.469 e. The number of hydrogen-bond acceptors (Lipinski definition) is 6. The van der Waals surface area contributed by atoms with E-state index in [9.17, 15) is 9.59 Å². The van der Waals surface area contributed by atoms with Gasteiger partial charge in [0, 0.05) is 18.9 Å². The molecule has 1 rings (SSSR count). The van der Waals surface area contributed by atoms with Crippen LogP contribution in [0.4, 0.5) is 9.93 Å². The van der Waals surface area contributed by atoms with Gasteiger partial charge in [0.2, 0.25) is 5.13 Å². The summed E-state index contributed by atoms with van der Waals surface area (Å²) in [4.78, 5) is 22.4. The van der Waals surface area contributed by atoms with Crippen LogP contribution in [0.25, 0.3) is 0 Å². The smallest absolute Gasteiger partial charge is 0.321 e. The second-order valence-electron chi connectivity index (χ2n) is 4.18. The van der Waals surface area contributed by atoms with E-state index in [1.165, 1.54) is 18.4 Å². The van der Waals surface area contributed by atoms with Crippen LogP contribution in [0.1, 0.15) is 31.7 Å². The van der Waals surface area contributed by atoms with Crippen molar-refractivity contribution in [3.8, 4) is 0 Å². The van der Waals surface area contributed by atoms with Crippen LogP contribution in [0.2, 0.25) is 0 Å². The fourth-order valence-electron chi connectivity index (χ4n) is 1.29. The molecule has 0 aromatic carbocycles. The van der Waals surface area contributed by atoms with Crippen LogP contribution >= 0.6 is 11.3 Å².